The molecule has 0 spiro atoms. The van der Waals surface area contributed by atoms with Crippen LogP contribution < -0.4 is 10.6 Å². The Morgan fingerprint density at radius 1 is 1.59 bits per heavy atom. The first-order valence-electron chi connectivity index (χ1n) is 5.57. The first-order chi connectivity index (χ1) is 8.08. The van der Waals surface area contributed by atoms with E-state index in [4.69, 9.17) is 11.6 Å². The number of benzene rings is 1. The summed E-state index contributed by atoms with van der Waals surface area (Å²) in [7, 11) is 0. The molecule has 2 N–H and O–H groups in total. The van der Waals surface area contributed by atoms with Gasteiger partial charge in [-0.3, -0.25) is 4.79 Å². The zero-order valence-electron chi connectivity index (χ0n) is 9.47. The van der Waals surface area contributed by atoms with Crippen molar-refractivity contribution in [3.05, 3.63) is 29.0 Å². The van der Waals surface area contributed by atoms with Crippen LogP contribution in [0.25, 0.3) is 0 Å². The van der Waals surface area contributed by atoms with Crippen molar-refractivity contribution in [1.29, 1.82) is 0 Å². The van der Waals surface area contributed by atoms with E-state index in [1.165, 1.54) is 18.2 Å². The Kier molecular flexibility index (Phi) is 3.64. The van der Waals surface area contributed by atoms with Crippen LogP contribution in [-0.2, 0) is 4.79 Å². The summed E-state index contributed by atoms with van der Waals surface area (Å²) in [6.45, 7) is 2.84. The Bertz CT molecular complexity index is 439. The van der Waals surface area contributed by atoms with Crippen LogP contribution in [0.4, 0.5) is 10.1 Å². The van der Waals surface area contributed by atoms with Crippen LogP contribution in [0.2, 0.25) is 5.02 Å². The van der Waals surface area contributed by atoms with Crippen molar-refractivity contribution in [2.75, 3.05) is 11.9 Å². The molecule has 2 unspecified atom stereocenters. The van der Waals surface area contributed by atoms with Crippen LogP contribution in [0.5, 0.6) is 0 Å². The second-order valence-electron chi connectivity index (χ2n) is 4.31. The van der Waals surface area contributed by atoms with Gasteiger partial charge >= 0.3 is 0 Å². The quantitative estimate of drug-likeness (QED) is 0.853. The molecule has 1 aliphatic heterocycles. The number of rotatable bonds is 2. The molecule has 2 rings (SSSR count). The lowest BCUT2D eigenvalue weighted by molar-refractivity contribution is -0.118. The fourth-order valence-electron chi connectivity index (χ4n) is 1.99. The molecule has 92 valence electrons. The van der Waals surface area contributed by atoms with E-state index in [-0.39, 0.29) is 17.9 Å². The fraction of sp³-hybridized carbons (Fsp3) is 0.417. The van der Waals surface area contributed by atoms with Crippen LogP contribution in [0.15, 0.2) is 18.2 Å². The molecule has 0 aliphatic carbocycles. The maximum atomic E-state index is 13.0. The van der Waals surface area contributed by atoms with Gasteiger partial charge in [-0.2, -0.15) is 0 Å². The van der Waals surface area contributed by atoms with Gasteiger partial charge in [0.25, 0.3) is 0 Å². The highest BCUT2D eigenvalue weighted by atomic mass is 35.5. The average molecular weight is 257 g/mol. The average Bonchev–Trinajstić information content (AvgIpc) is 2.70. The molecule has 5 heteroatoms. The van der Waals surface area contributed by atoms with Crippen molar-refractivity contribution in [3.63, 3.8) is 0 Å². The smallest absolute Gasteiger partial charge is 0.241 e. The summed E-state index contributed by atoms with van der Waals surface area (Å²) in [5.41, 5.74) is 0.317. The van der Waals surface area contributed by atoms with E-state index >= 15 is 0 Å². The molecule has 1 saturated heterocycles. The lowest BCUT2D eigenvalue weighted by Gasteiger charge is -2.16. The fourth-order valence-corrected chi connectivity index (χ4v) is 2.15. The minimum Gasteiger partial charge on any atom is -0.323 e. The van der Waals surface area contributed by atoms with Crippen LogP contribution in [-0.4, -0.2) is 18.5 Å². The van der Waals surface area contributed by atoms with Gasteiger partial charge in [-0.1, -0.05) is 18.5 Å². The molecule has 0 saturated carbocycles. The summed E-state index contributed by atoms with van der Waals surface area (Å²) in [4.78, 5) is 11.9. The Balaban J connectivity index is 2.10. The molecular weight excluding hydrogens is 243 g/mol. The lowest BCUT2D eigenvalue weighted by atomic mass is 10.0. The molecule has 1 aromatic carbocycles. The molecule has 0 radical (unpaired) electrons. The van der Waals surface area contributed by atoms with Gasteiger partial charge in [0.15, 0.2) is 0 Å². The zero-order valence-corrected chi connectivity index (χ0v) is 10.2. The Hall–Kier alpha value is -1.13. The third-order valence-corrected chi connectivity index (χ3v) is 3.33. The van der Waals surface area contributed by atoms with Crippen molar-refractivity contribution in [3.8, 4) is 0 Å². The van der Waals surface area contributed by atoms with E-state index in [0.29, 0.717) is 10.7 Å². The van der Waals surface area contributed by atoms with Crippen LogP contribution in [0, 0.1) is 11.7 Å². The first-order valence-corrected chi connectivity index (χ1v) is 5.95. The lowest BCUT2D eigenvalue weighted by Crippen LogP contribution is -2.39. The van der Waals surface area contributed by atoms with Crippen LogP contribution in [0.1, 0.15) is 13.3 Å². The van der Waals surface area contributed by atoms with Gasteiger partial charge < -0.3 is 10.6 Å². The second kappa shape index (κ2) is 5.02. The third kappa shape index (κ3) is 2.76. The van der Waals surface area contributed by atoms with Gasteiger partial charge in [0, 0.05) is 0 Å². The molecule has 0 aromatic heterocycles. The molecule has 17 heavy (non-hydrogen) atoms. The molecular formula is C12H14ClFN2O. The monoisotopic (exact) mass is 256 g/mol. The molecule has 0 bridgehead atoms. The Morgan fingerprint density at radius 3 is 3.00 bits per heavy atom. The highest BCUT2D eigenvalue weighted by Crippen LogP contribution is 2.24. The number of anilines is 1. The van der Waals surface area contributed by atoms with Gasteiger partial charge in [0.05, 0.1) is 16.8 Å². The van der Waals surface area contributed by atoms with Gasteiger partial charge in [0.2, 0.25) is 5.91 Å². The Morgan fingerprint density at radius 2 is 2.35 bits per heavy atom. The van der Waals surface area contributed by atoms with Gasteiger partial charge in [-0.05, 0) is 37.1 Å². The summed E-state index contributed by atoms with van der Waals surface area (Å²) in [6, 6.07) is 3.68. The predicted molar refractivity (Wildman–Crippen MR) is 65.6 cm³/mol. The summed E-state index contributed by atoms with van der Waals surface area (Å²) < 4.78 is 13.0. The minimum atomic E-state index is -0.419. The molecule has 1 aromatic rings. The SMILES string of the molecule is CC1CCNC1C(=O)Nc1cc(F)ccc1Cl. The minimum absolute atomic E-state index is 0.164. The highest BCUT2D eigenvalue weighted by Gasteiger charge is 2.29. The summed E-state index contributed by atoms with van der Waals surface area (Å²) in [5, 5.41) is 6.10. The van der Waals surface area contributed by atoms with Crippen molar-refractivity contribution in [2.45, 2.75) is 19.4 Å². The molecule has 1 fully saturated rings. The molecule has 1 aliphatic rings. The van der Waals surface area contributed by atoms with Gasteiger partial charge in [0.1, 0.15) is 5.82 Å². The van der Waals surface area contributed by atoms with E-state index in [1.807, 2.05) is 6.92 Å². The number of hydrogen-bond donors (Lipinski definition) is 2. The standard InChI is InChI=1S/C12H14ClFN2O/c1-7-4-5-15-11(7)12(17)16-10-6-8(14)2-3-9(10)13/h2-3,6-7,11,15H,4-5H2,1H3,(H,16,17). The maximum absolute atomic E-state index is 13.0. The number of hydrogen-bond acceptors (Lipinski definition) is 2. The molecule has 1 heterocycles. The van der Waals surface area contributed by atoms with Gasteiger partial charge in [-0.15, -0.1) is 0 Å². The molecule has 2 atom stereocenters. The predicted octanol–water partition coefficient (Wildman–Crippen LogP) is 2.42. The van der Waals surface area contributed by atoms with Crippen molar-refractivity contribution >= 4 is 23.2 Å². The Labute approximate surface area is 104 Å². The molecule has 3 nitrogen and oxygen atoms in total. The van der Waals surface area contributed by atoms with Crippen molar-refractivity contribution in [1.82, 2.24) is 5.32 Å². The van der Waals surface area contributed by atoms with E-state index in [1.54, 1.807) is 0 Å². The first kappa shape index (κ1) is 12.3. The second-order valence-corrected chi connectivity index (χ2v) is 4.72. The van der Waals surface area contributed by atoms with E-state index in [0.717, 1.165) is 13.0 Å². The summed E-state index contributed by atoms with van der Waals surface area (Å²) in [5.74, 6) is -0.304. The number of amides is 1. The van der Waals surface area contributed by atoms with Crippen molar-refractivity contribution < 1.29 is 9.18 Å². The number of halogens is 2. The van der Waals surface area contributed by atoms with Crippen LogP contribution >= 0.6 is 11.6 Å². The summed E-state index contributed by atoms with van der Waals surface area (Å²) >= 11 is 5.88. The van der Waals surface area contributed by atoms with E-state index < -0.39 is 5.82 Å². The van der Waals surface area contributed by atoms with Gasteiger partial charge in [-0.25, -0.2) is 4.39 Å². The van der Waals surface area contributed by atoms with Crippen LogP contribution in [0.3, 0.4) is 0 Å². The third-order valence-electron chi connectivity index (χ3n) is 3.00. The number of carbonyl (C=O) groups is 1. The maximum Gasteiger partial charge on any atom is 0.241 e. The molecule has 1 amide bonds. The van der Waals surface area contributed by atoms with E-state index in [9.17, 15) is 9.18 Å². The highest BCUT2D eigenvalue weighted by molar-refractivity contribution is 6.33. The topological polar surface area (TPSA) is 41.1 Å². The largest absolute Gasteiger partial charge is 0.323 e. The zero-order chi connectivity index (χ0) is 12.4. The van der Waals surface area contributed by atoms with Crippen molar-refractivity contribution in [2.24, 2.45) is 5.92 Å². The van der Waals surface area contributed by atoms with E-state index in [2.05, 4.69) is 10.6 Å². The number of nitrogens with one attached hydrogen (secondary N) is 2. The summed E-state index contributed by atoms with van der Waals surface area (Å²) in [6.07, 6.45) is 0.967. The normalized spacial score (nSPS) is 23.7. The number of carbonyl (C=O) groups excluding carboxylic acids is 1.